The molecule has 0 radical (unpaired) electrons. The molecule has 322 valence electrons. The third-order valence-electron chi connectivity index (χ3n) is 11.8. The van der Waals surface area contributed by atoms with E-state index >= 15 is 0 Å². The minimum Gasteiger partial charge on any atom is -0.394 e. The third-order valence-corrected chi connectivity index (χ3v) is 11.8. The Morgan fingerprint density at radius 3 is 0.963 bits per heavy atom. The molecule has 0 spiro atoms. The van der Waals surface area contributed by atoms with Crippen LogP contribution < -0.4 is 5.32 Å². The molecule has 0 aromatic carbocycles. The number of carbonyl (C=O) groups excluding carboxylic acids is 1. The van der Waals surface area contributed by atoms with Crippen molar-refractivity contribution in [1.82, 2.24) is 5.32 Å². The van der Waals surface area contributed by atoms with Crippen LogP contribution in [0.15, 0.2) is 12.2 Å². The molecule has 2 unspecified atom stereocenters. The van der Waals surface area contributed by atoms with Crippen LogP contribution in [0.1, 0.15) is 284 Å². The lowest BCUT2D eigenvalue weighted by molar-refractivity contribution is -0.123. The molecule has 0 aromatic rings. The fourth-order valence-electron chi connectivity index (χ4n) is 7.95. The van der Waals surface area contributed by atoms with E-state index in [4.69, 9.17) is 0 Å². The summed E-state index contributed by atoms with van der Waals surface area (Å²) in [5.74, 6) is -0.0578. The topological polar surface area (TPSA) is 69.6 Å². The molecule has 2 atom stereocenters. The Kier molecular flexibility index (Phi) is 45.8. The Morgan fingerprint density at radius 2 is 0.685 bits per heavy atom. The lowest BCUT2D eigenvalue weighted by Gasteiger charge is -2.20. The monoisotopic (exact) mass is 762 g/mol. The molecule has 0 saturated carbocycles. The summed E-state index contributed by atoms with van der Waals surface area (Å²) < 4.78 is 0. The molecular weight excluding hydrogens is 663 g/mol. The molecule has 0 fully saturated rings. The molecular formula is C50H99NO3. The molecule has 0 aliphatic carbocycles. The second-order valence-corrected chi connectivity index (χ2v) is 17.2. The van der Waals surface area contributed by atoms with Crippen LogP contribution in [0.3, 0.4) is 0 Å². The van der Waals surface area contributed by atoms with Crippen LogP contribution in [0.4, 0.5) is 0 Å². The van der Waals surface area contributed by atoms with Gasteiger partial charge in [0, 0.05) is 6.42 Å². The normalized spacial score (nSPS) is 12.9. The first-order valence-corrected chi connectivity index (χ1v) is 24.9. The van der Waals surface area contributed by atoms with Crippen LogP contribution in [-0.4, -0.2) is 34.9 Å². The molecule has 0 bridgehead atoms. The first-order chi connectivity index (χ1) is 26.7. The van der Waals surface area contributed by atoms with Crippen molar-refractivity contribution in [3.8, 4) is 0 Å². The van der Waals surface area contributed by atoms with Crippen molar-refractivity contribution in [2.24, 2.45) is 0 Å². The number of amides is 1. The Labute approximate surface area is 339 Å². The molecule has 0 rings (SSSR count). The standard InChI is InChI=1S/C50H99NO3/c1-3-5-7-9-11-13-15-17-19-21-23-24-25-26-27-28-29-31-33-35-37-39-41-43-45-49(53)48(47-52)51-50(54)46-44-42-40-38-36-34-32-30-22-20-18-16-14-12-10-8-6-4-2/h43,45,48-49,52-53H,3-42,44,46-47H2,1-2H3,(H,51,54)/b45-43+. The largest absolute Gasteiger partial charge is 0.394 e. The van der Waals surface area contributed by atoms with Gasteiger partial charge in [-0.1, -0.05) is 270 Å². The van der Waals surface area contributed by atoms with E-state index in [2.05, 4.69) is 19.2 Å². The van der Waals surface area contributed by atoms with Crippen molar-refractivity contribution >= 4 is 5.91 Å². The van der Waals surface area contributed by atoms with Crippen LogP contribution in [0.5, 0.6) is 0 Å². The Hall–Kier alpha value is -0.870. The average molecular weight is 762 g/mol. The lowest BCUT2D eigenvalue weighted by atomic mass is 10.0. The van der Waals surface area contributed by atoms with E-state index in [9.17, 15) is 15.0 Å². The van der Waals surface area contributed by atoms with E-state index in [-0.39, 0.29) is 12.5 Å². The van der Waals surface area contributed by atoms with E-state index < -0.39 is 12.1 Å². The Morgan fingerprint density at radius 1 is 0.426 bits per heavy atom. The van der Waals surface area contributed by atoms with Crippen LogP contribution >= 0.6 is 0 Å². The quantitative estimate of drug-likeness (QED) is 0.0427. The minimum absolute atomic E-state index is 0.0578. The van der Waals surface area contributed by atoms with Gasteiger partial charge in [-0.2, -0.15) is 0 Å². The number of rotatable bonds is 46. The van der Waals surface area contributed by atoms with E-state index in [1.54, 1.807) is 6.08 Å². The van der Waals surface area contributed by atoms with Crippen LogP contribution in [0.25, 0.3) is 0 Å². The highest BCUT2D eigenvalue weighted by atomic mass is 16.3. The van der Waals surface area contributed by atoms with Gasteiger partial charge in [0.25, 0.3) is 0 Å². The molecule has 54 heavy (non-hydrogen) atoms. The van der Waals surface area contributed by atoms with Gasteiger partial charge in [-0.15, -0.1) is 0 Å². The summed E-state index contributed by atoms with van der Waals surface area (Å²) in [6, 6.07) is -0.617. The zero-order chi connectivity index (χ0) is 39.3. The maximum Gasteiger partial charge on any atom is 0.220 e. The van der Waals surface area contributed by atoms with Gasteiger partial charge < -0.3 is 15.5 Å². The average Bonchev–Trinajstić information content (AvgIpc) is 3.18. The van der Waals surface area contributed by atoms with Crippen molar-refractivity contribution in [3.63, 3.8) is 0 Å². The fourth-order valence-corrected chi connectivity index (χ4v) is 7.95. The number of unbranched alkanes of at least 4 members (excludes halogenated alkanes) is 39. The zero-order valence-electron chi connectivity index (χ0n) is 37.0. The minimum atomic E-state index is -0.834. The number of nitrogens with one attached hydrogen (secondary N) is 1. The van der Waals surface area contributed by atoms with Gasteiger partial charge in [0.05, 0.1) is 18.8 Å². The number of aliphatic hydroxyl groups is 2. The van der Waals surface area contributed by atoms with Gasteiger partial charge in [-0.3, -0.25) is 4.79 Å². The summed E-state index contributed by atoms with van der Waals surface area (Å²) >= 11 is 0. The first-order valence-electron chi connectivity index (χ1n) is 24.9. The number of hydrogen-bond acceptors (Lipinski definition) is 3. The second kappa shape index (κ2) is 46.5. The van der Waals surface area contributed by atoms with Crippen molar-refractivity contribution in [2.75, 3.05) is 6.61 Å². The highest BCUT2D eigenvalue weighted by Crippen LogP contribution is 2.17. The first kappa shape index (κ1) is 53.1. The summed E-state index contributed by atoms with van der Waals surface area (Å²) in [5, 5.41) is 23.1. The highest BCUT2D eigenvalue weighted by Gasteiger charge is 2.18. The van der Waals surface area contributed by atoms with Crippen LogP contribution in [0, 0.1) is 0 Å². The van der Waals surface area contributed by atoms with Crippen molar-refractivity contribution in [1.29, 1.82) is 0 Å². The SMILES string of the molecule is CCCCCCCCCCCCCCCCCCCCCCCC/C=C/C(O)C(CO)NC(=O)CCCCCCCCCCCCCCCCCCCC. The van der Waals surface area contributed by atoms with Gasteiger partial charge in [-0.05, 0) is 19.3 Å². The van der Waals surface area contributed by atoms with Crippen molar-refractivity contribution in [3.05, 3.63) is 12.2 Å². The fraction of sp³-hybridized carbons (Fsp3) is 0.940. The van der Waals surface area contributed by atoms with Crippen LogP contribution in [0.2, 0.25) is 0 Å². The molecule has 1 amide bonds. The smallest absolute Gasteiger partial charge is 0.220 e. The molecule has 0 heterocycles. The van der Waals surface area contributed by atoms with Gasteiger partial charge in [-0.25, -0.2) is 0 Å². The van der Waals surface area contributed by atoms with E-state index in [0.717, 1.165) is 25.7 Å². The maximum absolute atomic E-state index is 12.4. The predicted molar refractivity (Wildman–Crippen MR) is 239 cm³/mol. The summed E-state index contributed by atoms with van der Waals surface area (Å²) in [7, 11) is 0. The third kappa shape index (κ3) is 42.3. The number of allylic oxidation sites excluding steroid dienone is 1. The number of aliphatic hydroxyl groups excluding tert-OH is 2. The second-order valence-electron chi connectivity index (χ2n) is 17.2. The zero-order valence-corrected chi connectivity index (χ0v) is 37.0. The highest BCUT2D eigenvalue weighted by molar-refractivity contribution is 5.76. The Bertz CT molecular complexity index is 739. The van der Waals surface area contributed by atoms with Gasteiger partial charge >= 0.3 is 0 Å². The maximum atomic E-state index is 12.4. The number of carbonyl (C=O) groups is 1. The molecule has 0 aliphatic heterocycles. The van der Waals surface area contributed by atoms with Crippen LogP contribution in [-0.2, 0) is 4.79 Å². The summed E-state index contributed by atoms with van der Waals surface area (Å²) in [5.41, 5.74) is 0. The summed E-state index contributed by atoms with van der Waals surface area (Å²) in [6.45, 7) is 4.34. The van der Waals surface area contributed by atoms with E-state index in [1.165, 1.54) is 238 Å². The number of hydrogen-bond donors (Lipinski definition) is 3. The van der Waals surface area contributed by atoms with E-state index in [0.29, 0.717) is 6.42 Å². The molecule has 0 aromatic heterocycles. The summed E-state index contributed by atoms with van der Waals surface area (Å²) in [6.07, 6.45) is 59.1. The molecule has 0 saturated heterocycles. The molecule has 4 nitrogen and oxygen atoms in total. The predicted octanol–water partition coefficient (Wildman–Crippen LogP) is 15.8. The van der Waals surface area contributed by atoms with Crippen molar-refractivity contribution < 1.29 is 15.0 Å². The van der Waals surface area contributed by atoms with Gasteiger partial charge in [0.2, 0.25) is 5.91 Å². The molecule has 3 N–H and O–H groups in total. The van der Waals surface area contributed by atoms with E-state index in [1.807, 2.05) is 6.08 Å². The summed E-state index contributed by atoms with van der Waals surface area (Å²) in [4.78, 5) is 12.4. The Balaban J connectivity index is 3.48. The molecule has 4 heteroatoms. The van der Waals surface area contributed by atoms with Gasteiger partial charge in [0.1, 0.15) is 0 Å². The molecule has 0 aliphatic rings. The van der Waals surface area contributed by atoms with Crippen molar-refractivity contribution in [2.45, 2.75) is 296 Å². The van der Waals surface area contributed by atoms with Gasteiger partial charge in [0.15, 0.2) is 0 Å². The lowest BCUT2D eigenvalue weighted by Crippen LogP contribution is -2.45.